The molecule has 1 aliphatic rings. The van der Waals surface area contributed by atoms with Gasteiger partial charge in [-0.25, -0.2) is 0 Å². The summed E-state index contributed by atoms with van der Waals surface area (Å²) in [6, 6.07) is 2.13. The van der Waals surface area contributed by atoms with Crippen LogP contribution in [0.1, 0.15) is 22.8 Å². The van der Waals surface area contributed by atoms with Crippen molar-refractivity contribution in [3.63, 3.8) is 0 Å². The first-order valence-electron chi connectivity index (χ1n) is 4.99. The Kier molecular flexibility index (Phi) is 3.63. The molecule has 86 valence electrons. The lowest BCUT2D eigenvalue weighted by Gasteiger charge is -2.17. The number of ether oxygens (including phenoxy) is 1. The number of methoxy groups -OCH3 is 1. The van der Waals surface area contributed by atoms with Crippen molar-refractivity contribution in [1.29, 1.82) is 0 Å². The van der Waals surface area contributed by atoms with Crippen LogP contribution in [0.3, 0.4) is 0 Å². The molecule has 0 bridgehead atoms. The molecule has 1 atom stereocenters. The second-order valence-electron chi connectivity index (χ2n) is 3.72. The van der Waals surface area contributed by atoms with Gasteiger partial charge in [-0.2, -0.15) is 0 Å². The highest BCUT2D eigenvalue weighted by atomic mass is 35.5. The number of allylic oxidation sites excluding steroid dienone is 3. The van der Waals surface area contributed by atoms with E-state index in [4.69, 9.17) is 27.9 Å². The maximum atomic E-state index is 6.19. The molecule has 0 N–H and O–H groups in total. The lowest BCUT2D eigenvalue weighted by Crippen LogP contribution is -2.01. The molecule has 1 aromatic rings. The van der Waals surface area contributed by atoms with Crippen LogP contribution in [0.5, 0.6) is 0 Å². The molecule has 1 aromatic heterocycles. The summed E-state index contributed by atoms with van der Waals surface area (Å²) in [4.78, 5) is 1.23. The number of hydrogen-bond donors (Lipinski definition) is 0. The summed E-state index contributed by atoms with van der Waals surface area (Å²) in [6.45, 7) is 2.06. The Balaban J connectivity index is 2.27. The van der Waals surface area contributed by atoms with E-state index in [1.165, 1.54) is 4.88 Å². The summed E-state index contributed by atoms with van der Waals surface area (Å²) >= 11 is 13.9. The zero-order chi connectivity index (χ0) is 11.7. The minimum absolute atomic E-state index is 0.267. The highest BCUT2D eigenvalue weighted by Gasteiger charge is 2.19. The highest BCUT2D eigenvalue weighted by Crippen LogP contribution is 2.39. The summed E-state index contributed by atoms with van der Waals surface area (Å²) in [6.07, 6.45) is 4.90. The van der Waals surface area contributed by atoms with Crippen LogP contribution in [0, 0.1) is 6.92 Å². The van der Waals surface area contributed by atoms with Gasteiger partial charge in [0.15, 0.2) is 0 Å². The predicted molar refractivity (Wildman–Crippen MR) is 70.5 cm³/mol. The summed E-state index contributed by atoms with van der Waals surface area (Å²) < 4.78 is 6.01. The third-order valence-corrected chi connectivity index (χ3v) is 4.21. The van der Waals surface area contributed by atoms with Gasteiger partial charge in [0.2, 0.25) is 0 Å². The van der Waals surface area contributed by atoms with Crippen molar-refractivity contribution in [3.05, 3.63) is 43.8 Å². The largest absolute Gasteiger partial charge is 0.496 e. The maximum Gasteiger partial charge on any atom is 0.133 e. The van der Waals surface area contributed by atoms with Gasteiger partial charge in [0.05, 0.1) is 16.5 Å². The van der Waals surface area contributed by atoms with E-state index in [-0.39, 0.29) is 5.92 Å². The predicted octanol–water partition coefficient (Wildman–Crippen LogP) is 4.85. The summed E-state index contributed by atoms with van der Waals surface area (Å²) in [7, 11) is 1.63. The van der Waals surface area contributed by atoms with E-state index in [1.54, 1.807) is 18.4 Å². The molecule has 1 unspecified atom stereocenters. The fraction of sp³-hybridized carbons (Fsp3) is 0.333. The minimum Gasteiger partial charge on any atom is -0.496 e. The number of aryl methyl sites for hydroxylation is 1. The van der Waals surface area contributed by atoms with Crippen molar-refractivity contribution < 1.29 is 4.74 Å². The Morgan fingerprint density at radius 3 is 2.69 bits per heavy atom. The van der Waals surface area contributed by atoms with E-state index in [1.807, 2.05) is 12.2 Å². The van der Waals surface area contributed by atoms with Crippen molar-refractivity contribution in [1.82, 2.24) is 0 Å². The third-order valence-electron chi connectivity index (χ3n) is 2.60. The van der Waals surface area contributed by atoms with Gasteiger partial charge in [0, 0.05) is 10.8 Å². The summed E-state index contributed by atoms with van der Waals surface area (Å²) in [5.41, 5.74) is 1.16. The minimum atomic E-state index is 0.267. The van der Waals surface area contributed by atoms with Crippen molar-refractivity contribution in [2.24, 2.45) is 0 Å². The van der Waals surface area contributed by atoms with E-state index < -0.39 is 0 Å². The molecule has 0 amide bonds. The molecule has 0 aliphatic heterocycles. The highest BCUT2D eigenvalue weighted by molar-refractivity contribution is 7.16. The van der Waals surface area contributed by atoms with E-state index in [9.17, 15) is 0 Å². The summed E-state index contributed by atoms with van der Waals surface area (Å²) in [5, 5.41) is 0.665. The molecule has 0 radical (unpaired) electrons. The van der Waals surface area contributed by atoms with Crippen LogP contribution in [-0.2, 0) is 4.74 Å². The smallest absolute Gasteiger partial charge is 0.133 e. The van der Waals surface area contributed by atoms with Crippen LogP contribution in [0.2, 0.25) is 4.34 Å². The van der Waals surface area contributed by atoms with Crippen molar-refractivity contribution >= 4 is 34.5 Å². The molecule has 16 heavy (non-hydrogen) atoms. The fourth-order valence-corrected chi connectivity index (χ4v) is 3.48. The van der Waals surface area contributed by atoms with E-state index >= 15 is 0 Å². The first-order chi connectivity index (χ1) is 7.61. The van der Waals surface area contributed by atoms with Crippen LogP contribution in [0.4, 0.5) is 0 Å². The topological polar surface area (TPSA) is 9.23 Å². The van der Waals surface area contributed by atoms with Gasteiger partial charge in [-0.15, -0.1) is 11.3 Å². The van der Waals surface area contributed by atoms with Gasteiger partial charge in [-0.1, -0.05) is 29.3 Å². The first-order valence-corrected chi connectivity index (χ1v) is 6.56. The Labute approximate surface area is 109 Å². The van der Waals surface area contributed by atoms with Crippen LogP contribution in [0.15, 0.2) is 29.0 Å². The molecular weight excluding hydrogens is 263 g/mol. The van der Waals surface area contributed by atoms with Crippen LogP contribution in [-0.4, -0.2) is 7.11 Å². The second kappa shape index (κ2) is 4.82. The van der Waals surface area contributed by atoms with Gasteiger partial charge in [0.1, 0.15) is 5.76 Å². The molecule has 0 spiro atoms. The Bertz CT molecular complexity index is 460. The fourth-order valence-electron chi connectivity index (χ4n) is 1.81. The molecule has 2 rings (SSSR count). The number of halogens is 2. The van der Waals surface area contributed by atoms with Gasteiger partial charge in [-0.3, -0.25) is 0 Å². The molecule has 0 saturated carbocycles. The molecule has 0 fully saturated rings. The Hall–Kier alpha value is -0.440. The second-order valence-corrected chi connectivity index (χ2v) is 5.98. The van der Waals surface area contributed by atoms with Gasteiger partial charge < -0.3 is 4.74 Å². The molecule has 1 nitrogen and oxygen atoms in total. The van der Waals surface area contributed by atoms with Crippen molar-refractivity contribution in [3.8, 4) is 0 Å². The number of rotatable bonds is 2. The molecular formula is C12H12Cl2OS. The number of hydrogen-bond acceptors (Lipinski definition) is 2. The molecule has 0 aromatic carbocycles. The van der Waals surface area contributed by atoms with E-state index in [0.29, 0.717) is 5.03 Å². The Morgan fingerprint density at radius 2 is 2.19 bits per heavy atom. The normalized spacial score (nSPS) is 20.4. The average Bonchev–Trinajstić information content (AvgIpc) is 2.58. The standard InChI is InChI=1S/C12H12Cl2OS/c1-7-5-9(12(14)16-7)8-3-4-11(15-2)10(13)6-8/h4-6,8H,3H2,1-2H3. The third kappa shape index (κ3) is 2.29. The summed E-state index contributed by atoms with van der Waals surface area (Å²) in [5.74, 6) is 1.02. The van der Waals surface area contributed by atoms with E-state index in [0.717, 1.165) is 22.1 Å². The van der Waals surface area contributed by atoms with Gasteiger partial charge in [-0.05, 0) is 31.1 Å². The molecule has 4 heteroatoms. The average molecular weight is 275 g/mol. The van der Waals surface area contributed by atoms with Crippen molar-refractivity contribution in [2.45, 2.75) is 19.3 Å². The van der Waals surface area contributed by atoms with Crippen LogP contribution in [0.25, 0.3) is 0 Å². The van der Waals surface area contributed by atoms with Gasteiger partial charge >= 0.3 is 0 Å². The lowest BCUT2D eigenvalue weighted by molar-refractivity contribution is 0.300. The number of thiophene rings is 1. The van der Waals surface area contributed by atoms with E-state index in [2.05, 4.69) is 13.0 Å². The van der Waals surface area contributed by atoms with Crippen LogP contribution < -0.4 is 0 Å². The quantitative estimate of drug-likeness (QED) is 0.749. The maximum absolute atomic E-state index is 6.19. The lowest BCUT2D eigenvalue weighted by atomic mass is 9.94. The zero-order valence-electron chi connectivity index (χ0n) is 9.09. The molecule has 1 aliphatic carbocycles. The molecule has 0 saturated heterocycles. The first kappa shape index (κ1) is 12.0. The monoisotopic (exact) mass is 274 g/mol. The van der Waals surface area contributed by atoms with Crippen LogP contribution >= 0.6 is 34.5 Å². The Morgan fingerprint density at radius 1 is 1.44 bits per heavy atom. The zero-order valence-corrected chi connectivity index (χ0v) is 11.4. The van der Waals surface area contributed by atoms with Crippen molar-refractivity contribution in [2.75, 3.05) is 7.11 Å². The SMILES string of the molecule is COC1=CCC(c2cc(C)sc2Cl)C=C1Cl. The molecule has 1 heterocycles. The van der Waals surface area contributed by atoms with Gasteiger partial charge in [0.25, 0.3) is 0 Å².